The molecule has 0 radical (unpaired) electrons. The van der Waals surface area contributed by atoms with Crippen molar-refractivity contribution < 1.29 is 14.2 Å². The third-order valence-corrected chi connectivity index (χ3v) is 4.01. The maximum Gasteiger partial charge on any atom is 0.137 e. The third kappa shape index (κ3) is 3.09. The fourth-order valence-electron chi connectivity index (χ4n) is 2.08. The number of ether oxygens (including phenoxy) is 1. The van der Waals surface area contributed by atoms with Crippen LogP contribution in [0.1, 0.15) is 18.9 Å². The molecule has 0 bridgehead atoms. The van der Waals surface area contributed by atoms with Gasteiger partial charge in [0.25, 0.3) is 0 Å². The number of rotatable bonds is 4. The van der Waals surface area contributed by atoms with Crippen molar-refractivity contribution in [2.24, 2.45) is 0 Å². The van der Waals surface area contributed by atoms with Gasteiger partial charge in [0.15, 0.2) is 0 Å². The molecule has 0 aliphatic carbocycles. The molecule has 1 aromatic carbocycles. The lowest BCUT2D eigenvalue weighted by molar-refractivity contribution is -0.0262. The summed E-state index contributed by atoms with van der Waals surface area (Å²) in [5, 5.41) is 13.5. The largest absolute Gasteiger partial charge is 0.386 e. The van der Waals surface area contributed by atoms with Crippen LogP contribution >= 0.6 is 15.9 Å². The number of halogens is 2. The van der Waals surface area contributed by atoms with Crippen molar-refractivity contribution in [1.29, 1.82) is 0 Å². The molecular weight excluding hydrogens is 301 g/mol. The second-order valence-corrected chi connectivity index (χ2v) is 5.57. The van der Waals surface area contributed by atoms with Crippen molar-refractivity contribution in [3.05, 3.63) is 34.1 Å². The molecule has 1 aliphatic rings. The van der Waals surface area contributed by atoms with Crippen LogP contribution in [0, 0.1) is 5.82 Å². The second-order valence-electron chi connectivity index (χ2n) is 4.72. The molecule has 1 aromatic rings. The van der Waals surface area contributed by atoms with E-state index in [9.17, 15) is 9.50 Å². The lowest BCUT2D eigenvalue weighted by Crippen LogP contribution is -2.45. The van der Waals surface area contributed by atoms with Crippen LogP contribution in [0.3, 0.4) is 0 Å². The molecule has 0 amide bonds. The Labute approximate surface area is 114 Å². The predicted octanol–water partition coefficient (Wildman–Crippen LogP) is 2.22. The molecule has 3 nitrogen and oxygen atoms in total. The van der Waals surface area contributed by atoms with Crippen LogP contribution in [0.4, 0.5) is 4.39 Å². The van der Waals surface area contributed by atoms with Crippen molar-refractivity contribution in [2.75, 3.05) is 13.2 Å². The molecule has 5 heteroatoms. The Morgan fingerprint density at radius 2 is 2.39 bits per heavy atom. The highest BCUT2D eigenvalue weighted by Crippen LogP contribution is 2.25. The Balaban J connectivity index is 1.86. The SMILES string of the molecule is CC1OCCC1(O)CNCc1ccc(F)c(Br)c1. The van der Waals surface area contributed by atoms with Gasteiger partial charge in [0, 0.05) is 26.1 Å². The van der Waals surface area contributed by atoms with Gasteiger partial charge in [0.2, 0.25) is 0 Å². The van der Waals surface area contributed by atoms with E-state index in [0.29, 0.717) is 30.6 Å². The zero-order valence-electron chi connectivity index (χ0n) is 10.2. The van der Waals surface area contributed by atoms with Crippen molar-refractivity contribution in [2.45, 2.75) is 31.6 Å². The molecule has 1 aliphatic heterocycles. The summed E-state index contributed by atoms with van der Waals surface area (Å²) < 4.78 is 18.9. The quantitative estimate of drug-likeness (QED) is 0.894. The molecule has 0 spiro atoms. The zero-order chi connectivity index (χ0) is 13.2. The zero-order valence-corrected chi connectivity index (χ0v) is 11.8. The van der Waals surface area contributed by atoms with E-state index >= 15 is 0 Å². The second kappa shape index (κ2) is 5.65. The average Bonchev–Trinajstić information content (AvgIpc) is 2.65. The van der Waals surface area contributed by atoms with Crippen LogP contribution < -0.4 is 5.32 Å². The first kappa shape index (κ1) is 13.9. The van der Waals surface area contributed by atoms with E-state index in [2.05, 4.69) is 21.2 Å². The maximum absolute atomic E-state index is 13.1. The number of hydrogen-bond acceptors (Lipinski definition) is 3. The van der Waals surface area contributed by atoms with Crippen molar-refractivity contribution >= 4 is 15.9 Å². The lowest BCUT2D eigenvalue weighted by Gasteiger charge is -2.26. The fraction of sp³-hybridized carbons (Fsp3) is 0.538. The Morgan fingerprint density at radius 1 is 1.61 bits per heavy atom. The van der Waals surface area contributed by atoms with Crippen LogP contribution in [0.5, 0.6) is 0 Å². The number of hydrogen-bond donors (Lipinski definition) is 2. The normalized spacial score (nSPS) is 27.7. The van der Waals surface area contributed by atoms with E-state index in [1.807, 2.05) is 6.92 Å². The van der Waals surface area contributed by atoms with Crippen LogP contribution in [0.15, 0.2) is 22.7 Å². The van der Waals surface area contributed by atoms with E-state index in [4.69, 9.17) is 4.74 Å². The summed E-state index contributed by atoms with van der Waals surface area (Å²) in [5.74, 6) is -0.268. The summed E-state index contributed by atoms with van der Waals surface area (Å²) in [6.07, 6.45) is 0.499. The van der Waals surface area contributed by atoms with Gasteiger partial charge in [-0.1, -0.05) is 6.07 Å². The van der Waals surface area contributed by atoms with Crippen LogP contribution in [0.2, 0.25) is 0 Å². The minimum absolute atomic E-state index is 0.148. The number of aliphatic hydroxyl groups is 1. The van der Waals surface area contributed by atoms with Crippen LogP contribution in [0.25, 0.3) is 0 Å². The monoisotopic (exact) mass is 317 g/mol. The highest BCUT2D eigenvalue weighted by atomic mass is 79.9. The molecule has 100 valence electrons. The summed E-state index contributed by atoms with van der Waals surface area (Å²) >= 11 is 3.15. The molecule has 2 unspecified atom stereocenters. The van der Waals surface area contributed by atoms with Crippen LogP contribution in [-0.2, 0) is 11.3 Å². The summed E-state index contributed by atoms with van der Waals surface area (Å²) in [6.45, 7) is 3.54. The molecule has 1 saturated heterocycles. The summed E-state index contributed by atoms with van der Waals surface area (Å²) in [4.78, 5) is 0. The van der Waals surface area contributed by atoms with E-state index < -0.39 is 5.60 Å². The topological polar surface area (TPSA) is 41.5 Å². The molecule has 0 saturated carbocycles. The first-order chi connectivity index (χ1) is 8.51. The molecule has 0 aromatic heterocycles. The first-order valence-corrected chi connectivity index (χ1v) is 6.79. The summed E-state index contributed by atoms with van der Waals surface area (Å²) in [7, 11) is 0. The predicted molar refractivity (Wildman–Crippen MR) is 70.8 cm³/mol. The van der Waals surface area contributed by atoms with Crippen molar-refractivity contribution in [3.63, 3.8) is 0 Å². The standard InChI is InChI=1S/C13H17BrFNO2/c1-9-13(17,4-5-18-9)8-16-7-10-2-3-12(15)11(14)6-10/h2-3,6,9,16-17H,4-5,7-8H2,1H3. The third-order valence-electron chi connectivity index (χ3n) is 3.40. The van der Waals surface area contributed by atoms with Gasteiger partial charge in [-0.2, -0.15) is 0 Å². The van der Waals surface area contributed by atoms with E-state index in [-0.39, 0.29) is 11.9 Å². The fourth-order valence-corrected chi connectivity index (χ4v) is 2.50. The molecule has 1 fully saturated rings. The summed E-state index contributed by atoms with van der Waals surface area (Å²) in [5.41, 5.74) is 0.176. The molecule has 1 heterocycles. The highest BCUT2D eigenvalue weighted by Gasteiger charge is 2.38. The molecule has 2 rings (SSSR count). The molecule has 2 N–H and O–H groups in total. The maximum atomic E-state index is 13.1. The van der Waals surface area contributed by atoms with Gasteiger partial charge in [0.1, 0.15) is 11.4 Å². The minimum Gasteiger partial charge on any atom is -0.386 e. The average molecular weight is 318 g/mol. The Kier molecular flexibility index (Phi) is 4.37. The van der Waals surface area contributed by atoms with Gasteiger partial charge in [-0.15, -0.1) is 0 Å². The van der Waals surface area contributed by atoms with Crippen molar-refractivity contribution in [3.8, 4) is 0 Å². The van der Waals surface area contributed by atoms with Crippen molar-refractivity contribution in [1.82, 2.24) is 5.32 Å². The smallest absolute Gasteiger partial charge is 0.137 e. The van der Waals surface area contributed by atoms with E-state index in [0.717, 1.165) is 5.56 Å². The lowest BCUT2D eigenvalue weighted by atomic mass is 9.96. The first-order valence-electron chi connectivity index (χ1n) is 6.00. The van der Waals surface area contributed by atoms with Gasteiger partial charge in [-0.05, 0) is 40.5 Å². The molecular formula is C13H17BrFNO2. The summed E-state index contributed by atoms with van der Waals surface area (Å²) in [6, 6.07) is 4.89. The van der Waals surface area contributed by atoms with Crippen LogP contribution in [-0.4, -0.2) is 30.0 Å². The molecule has 18 heavy (non-hydrogen) atoms. The van der Waals surface area contributed by atoms with E-state index in [1.54, 1.807) is 12.1 Å². The number of benzene rings is 1. The number of nitrogens with one attached hydrogen (secondary N) is 1. The van der Waals surface area contributed by atoms with Gasteiger partial charge < -0.3 is 15.2 Å². The Bertz CT molecular complexity index is 429. The molecule has 2 atom stereocenters. The van der Waals surface area contributed by atoms with Gasteiger partial charge in [-0.3, -0.25) is 0 Å². The van der Waals surface area contributed by atoms with Gasteiger partial charge in [-0.25, -0.2) is 4.39 Å². The van der Waals surface area contributed by atoms with Gasteiger partial charge >= 0.3 is 0 Å². The van der Waals surface area contributed by atoms with Gasteiger partial charge in [0.05, 0.1) is 10.6 Å². The minimum atomic E-state index is -0.794. The Hall–Kier alpha value is -0.490. The highest BCUT2D eigenvalue weighted by molar-refractivity contribution is 9.10. The van der Waals surface area contributed by atoms with E-state index in [1.165, 1.54) is 6.07 Å². The Morgan fingerprint density at radius 3 is 3.00 bits per heavy atom.